The van der Waals surface area contributed by atoms with Crippen molar-refractivity contribution in [2.45, 2.75) is 25.9 Å². The smallest absolute Gasteiger partial charge is 0.0796 e. The van der Waals surface area contributed by atoms with E-state index in [0.29, 0.717) is 0 Å². The van der Waals surface area contributed by atoms with E-state index in [-0.39, 0.29) is 6.10 Å². The Morgan fingerprint density at radius 1 is 1.75 bits per heavy atom. The average molecular weight is 229 g/mol. The Balaban J connectivity index is 3.01. The van der Waals surface area contributed by atoms with Gasteiger partial charge >= 0.3 is 0 Å². The lowest BCUT2D eigenvalue weighted by molar-refractivity contribution is 0.215. The zero-order valence-corrected chi connectivity index (χ0v) is 8.76. The standard InChI is InChI=1S/C10H13BrO/c1-3-7-8(9(11)4-2)5-6-10(7)12/h3-4,10,12H,1,5-6H2,2H3/b9-4+. The van der Waals surface area contributed by atoms with Crippen LogP contribution < -0.4 is 0 Å². The summed E-state index contributed by atoms with van der Waals surface area (Å²) in [4.78, 5) is 0. The zero-order chi connectivity index (χ0) is 9.14. The molecule has 0 spiro atoms. The van der Waals surface area contributed by atoms with E-state index in [0.717, 1.165) is 22.9 Å². The molecule has 66 valence electrons. The predicted molar refractivity (Wildman–Crippen MR) is 55.1 cm³/mol. The van der Waals surface area contributed by atoms with Crippen molar-refractivity contribution in [1.29, 1.82) is 0 Å². The Morgan fingerprint density at radius 2 is 2.42 bits per heavy atom. The van der Waals surface area contributed by atoms with Crippen LogP contribution in [0.5, 0.6) is 0 Å². The summed E-state index contributed by atoms with van der Waals surface area (Å²) in [6, 6.07) is 0. The van der Waals surface area contributed by atoms with Gasteiger partial charge in [-0.25, -0.2) is 0 Å². The number of hydrogen-bond acceptors (Lipinski definition) is 1. The maximum absolute atomic E-state index is 9.53. The third-order valence-corrected chi connectivity index (χ3v) is 3.07. The first-order valence-electron chi connectivity index (χ1n) is 4.06. The molecule has 1 aliphatic rings. The lowest BCUT2D eigenvalue weighted by Gasteiger charge is -2.04. The molecule has 1 rings (SSSR count). The van der Waals surface area contributed by atoms with E-state index in [1.54, 1.807) is 6.08 Å². The Bertz CT molecular complexity index is 251. The van der Waals surface area contributed by atoms with Gasteiger partial charge in [-0.15, -0.1) is 0 Å². The largest absolute Gasteiger partial charge is 0.388 e. The van der Waals surface area contributed by atoms with Crippen LogP contribution in [0.15, 0.2) is 34.4 Å². The minimum Gasteiger partial charge on any atom is -0.388 e. The maximum atomic E-state index is 9.53. The highest BCUT2D eigenvalue weighted by Crippen LogP contribution is 2.34. The molecular formula is C10H13BrO. The molecule has 1 N–H and O–H groups in total. The van der Waals surface area contributed by atoms with Crippen molar-refractivity contribution in [3.05, 3.63) is 34.4 Å². The zero-order valence-electron chi connectivity index (χ0n) is 7.18. The summed E-state index contributed by atoms with van der Waals surface area (Å²) in [5, 5.41) is 9.53. The Kier molecular flexibility index (Phi) is 3.29. The van der Waals surface area contributed by atoms with Crippen molar-refractivity contribution < 1.29 is 5.11 Å². The van der Waals surface area contributed by atoms with Crippen LogP contribution in [0.4, 0.5) is 0 Å². The molecule has 2 heteroatoms. The fourth-order valence-electron chi connectivity index (χ4n) is 1.47. The first-order valence-corrected chi connectivity index (χ1v) is 4.85. The van der Waals surface area contributed by atoms with Gasteiger partial charge in [0.2, 0.25) is 0 Å². The number of aliphatic hydroxyl groups is 1. The topological polar surface area (TPSA) is 20.2 Å². The van der Waals surface area contributed by atoms with Gasteiger partial charge in [-0.1, -0.05) is 34.7 Å². The monoisotopic (exact) mass is 228 g/mol. The summed E-state index contributed by atoms with van der Waals surface area (Å²) in [6.45, 7) is 5.67. The first kappa shape index (κ1) is 9.75. The molecular weight excluding hydrogens is 216 g/mol. The Hall–Kier alpha value is -0.340. The Morgan fingerprint density at radius 3 is 2.92 bits per heavy atom. The SMILES string of the molecule is C=CC1=C(/C(Br)=C\C)CCC1O. The first-order chi connectivity index (χ1) is 5.70. The van der Waals surface area contributed by atoms with Gasteiger partial charge in [0.05, 0.1) is 6.10 Å². The van der Waals surface area contributed by atoms with Crippen LogP contribution in [0, 0.1) is 0 Å². The molecule has 0 saturated carbocycles. The molecule has 0 bridgehead atoms. The summed E-state index contributed by atoms with van der Waals surface area (Å²) < 4.78 is 1.08. The molecule has 0 aromatic rings. The van der Waals surface area contributed by atoms with Gasteiger partial charge in [0.25, 0.3) is 0 Å². The van der Waals surface area contributed by atoms with Gasteiger partial charge in [-0.2, -0.15) is 0 Å². The average Bonchev–Trinajstić information content (AvgIpc) is 2.45. The van der Waals surface area contributed by atoms with Crippen molar-refractivity contribution >= 4 is 15.9 Å². The van der Waals surface area contributed by atoms with Crippen molar-refractivity contribution in [2.24, 2.45) is 0 Å². The summed E-state index contributed by atoms with van der Waals surface area (Å²) in [6.07, 6.45) is 5.19. The van der Waals surface area contributed by atoms with Crippen LogP contribution in [0.25, 0.3) is 0 Å². The van der Waals surface area contributed by atoms with E-state index in [1.807, 2.05) is 13.0 Å². The lowest BCUT2D eigenvalue weighted by Crippen LogP contribution is -2.01. The number of allylic oxidation sites excluding steroid dienone is 3. The maximum Gasteiger partial charge on any atom is 0.0796 e. The molecule has 0 amide bonds. The van der Waals surface area contributed by atoms with Crippen molar-refractivity contribution in [1.82, 2.24) is 0 Å². The van der Waals surface area contributed by atoms with Crippen LogP contribution in [0.2, 0.25) is 0 Å². The van der Waals surface area contributed by atoms with Crippen molar-refractivity contribution in [3.63, 3.8) is 0 Å². The van der Waals surface area contributed by atoms with Crippen LogP contribution in [0.3, 0.4) is 0 Å². The number of aliphatic hydroxyl groups excluding tert-OH is 1. The van der Waals surface area contributed by atoms with E-state index in [4.69, 9.17) is 0 Å². The number of halogens is 1. The predicted octanol–water partition coefficient (Wildman–Crippen LogP) is 2.92. The Labute approximate surface area is 81.6 Å². The summed E-state index contributed by atoms with van der Waals surface area (Å²) in [5.74, 6) is 0. The van der Waals surface area contributed by atoms with E-state index < -0.39 is 0 Å². The van der Waals surface area contributed by atoms with Gasteiger partial charge in [0, 0.05) is 4.48 Å². The molecule has 0 heterocycles. The molecule has 0 radical (unpaired) electrons. The van der Waals surface area contributed by atoms with Gasteiger partial charge in [0.15, 0.2) is 0 Å². The summed E-state index contributed by atoms with van der Waals surface area (Å²) in [7, 11) is 0. The van der Waals surface area contributed by atoms with Crippen LogP contribution in [0.1, 0.15) is 19.8 Å². The molecule has 0 fully saturated rings. The highest BCUT2D eigenvalue weighted by atomic mass is 79.9. The number of rotatable bonds is 2. The van der Waals surface area contributed by atoms with Crippen molar-refractivity contribution in [3.8, 4) is 0 Å². The van der Waals surface area contributed by atoms with E-state index >= 15 is 0 Å². The molecule has 1 nitrogen and oxygen atoms in total. The molecule has 0 aromatic heterocycles. The molecule has 0 saturated heterocycles. The molecule has 12 heavy (non-hydrogen) atoms. The molecule has 1 aliphatic carbocycles. The van der Waals surface area contributed by atoms with Crippen molar-refractivity contribution in [2.75, 3.05) is 0 Å². The quantitative estimate of drug-likeness (QED) is 0.771. The van der Waals surface area contributed by atoms with Crippen LogP contribution in [-0.4, -0.2) is 11.2 Å². The van der Waals surface area contributed by atoms with Crippen LogP contribution in [-0.2, 0) is 0 Å². The molecule has 0 aliphatic heterocycles. The fraction of sp³-hybridized carbons (Fsp3) is 0.400. The summed E-state index contributed by atoms with van der Waals surface area (Å²) in [5.41, 5.74) is 2.17. The van der Waals surface area contributed by atoms with Gasteiger partial charge < -0.3 is 5.11 Å². The highest BCUT2D eigenvalue weighted by molar-refractivity contribution is 9.12. The third kappa shape index (κ3) is 1.70. The van der Waals surface area contributed by atoms with E-state index in [1.165, 1.54) is 5.57 Å². The lowest BCUT2D eigenvalue weighted by atomic mass is 10.1. The highest BCUT2D eigenvalue weighted by Gasteiger charge is 2.22. The second kappa shape index (κ2) is 4.06. The third-order valence-electron chi connectivity index (χ3n) is 2.14. The molecule has 0 aromatic carbocycles. The fourth-order valence-corrected chi connectivity index (χ4v) is 1.90. The molecule has 1 atom stereocenters. The van der Waals surface area contributed by atoms with Gasteiger partial charge in [-0.3, -0.25) is 0 Å². The van der Waals surface area contributed by atoms with E-state index in [9.17, 15) is 5.11 Å². The second-order valence-electron chi connectivity index (χ2n) is 2.83. The number of hydrogen-bond donors (Lipinski definition) is 1. The van der Waals surface area contributed by atoms with Gasteiger partial charge in [0.1, 0.15) is 0 Å². The summed E-state index contributed by atoms with van der Waals surface area (Å²) >= 11 is 3.46. The molecule has 1 unspecified atom stereocenters. The second-order valence-corrected chi connectivity index (χ2v) is 3.68. The van der Waals surface area contributed by atoms with Crippen LogP contribution >= 0.6 is 15.9 Å². The van der Waals surface area contributed by atoms with E-state index in [2.05, 4.69) is 22.5 Å². The van der Waals surface area contributed by atoms with Gasteiger partial charge in [-0.05, 0) is 30.9 Å². The minimum atomic E-state index is -0.315. The normalized spacial score (nSPS) is 24.9. The minimum absolute atomic E-state index is 0.315.